The molecular formula is C20H34F2O. The molecule has 0 aromatic carbocycles. The molecule has 23 heavy (non-hydrogen) atoms. The molecule has 3 rings (SSSR count). The minimum atomic E-state index is -1.22. The Hall–Kier alpha value is -0.180. The normalized spacial score (nSPS) is 49.0. The maximum Gasteiger partial charge on any atom is 0.134 e. The van der Waals surface area contributed by atoms with E-state index in [0.29, 0.717) is 17.9 Å². The minimum absolute atomic E-state index is 0.0101. The number of rotatable bonds is 3. The third kappa shape index (κ3) is 3.91. The molecule has 1 nitrogen and oxygen atoms in total. The number of methoxy groups -OCH3 is 1. The Balaban J connectivity index is 1.55. The highest BCUT2D eigenvalue weighted by molar-refractivity contribution is 4.95. The highest BCUT2D eigenvalue weighted by atomic mass is 19.2. The summed E-state index contributed by atoms with van der Waals surface area (Å²) < 4.78 is 35.2. The van der Waals surface area contributed by atoms with Crippen LogP contribution in [0.2, 0.25) is 0 Å². The molecule has 3 saturated carbocycles. The molecule has 3 aliphatic rings. The molecule has 0 aliphatic heterocycles. The summed E-state index contributed by atoms with van der Waals surface area (Å²) in [5.74, 6) is 1.54. The second-order valence-corrected chi connectivity index (χ2v) is 8.59. The molecular weight excluding hydrogens is 294 g/mol. The lowest BCUT2D eigenvalue weighted by Gasteiger charge is -2.44. The number of hydrogen-bond acceptors (Lipinski definition) is 1. The predicted octanol–water partition coefficient (Wildman–Crippen LogP) is 5.72. The zero-order valence-electron chi connectivity index (χ0n) is 14.9. The second kappa shape index (κ2) is 7.80. The molecule has 0 aromatic rings. The van der Waals surface area contributed by atoms with Crippen molar-refractivity contribution in [3.8, 4) is 0 Å². The molecule has 3 heteroatoms. The fourth-order valence-corrected chi connectivity index (χ4v) is 5.63. The van der Waals surface area contributed by atoms with Gasteiger partial charge in [-0.15, -0.1) is 0 Å². The van der Waals surface area contributed by atoms with Crippen LogP contribution in [0.3, 0.4) is 0 Å². The van der Waals surface area contributed by atoms with Gasteiger partial charge in [-0.05, 0) is 81.0 Å². The molecule has 0 heterocycles. The van der Waals surface area contributed by atoms with Crippen molar-refractivity contribution in [1.82, 2.24) is 0 Å². The first-order valence-electron chi connectivity index (χ1n) is 9.91. The van der Waals surface area contributed by atoms with Crippen molar-refractivity contribution >= 4 is 0 Å². The van der Waals surface area contributed by atoms with Crippen molar-refractivity contribution in [3.63, 3.8) is 0 Å². The smallest absolute Gasteiger partial charge is 0.134 e. The molecule has 0 aromatic heterocycles. The van der Waals surface area contributed by atoms with Gasteiger partial charge < -0.3 is 4.74 Å². The van der Waals surface area contributed by atoms with E-state index in [1.54, 1.807) is 7.11 Å². The van der Waals surface area contributed by atoms with Gasteiger partial charge in [-0.25, -0.2) is 8.78 Å². The third-order valence-corrected chi connectivity index (χ3v) is 7.28. The SMILES string of the molecule is COC1CCC(C2CCC(C3CCC(C)CC3)C(F)C2F)CC1. The van der Waals surface area contributed by atoms with Gasteiger partial charge in [0.25, 0.3) is 0 Å². The molecule has 0 amide bonds. The Morgan fingerprint density at radius 3 is 1.52 bits per heavy atom. The highest BCUT2D eigenvalue weighted by Gasteiger charge is 2.46. The van der Waals surface area contributed by atoms with E-state index in [4.69, 9.17) is 4.74 Å². The van der Waals surface area contributed by atoms with Crippen LogP contribution < -0.4 is 0 Å². The average molecular weight is 328 g/mol. The van der Waals surface area contributed by atoms with E-state index in [-0.39, 0.29) is 11.8 Å². The van der Waals surface area contributed by atoms with Crippen LogP contribution in [-0.4, -0.2) is 25.6 Å². The fraction of sp³-hybridized carbons (Fsp3) is 1.00. The zero-order valence-corrected chi connectivity index (χ0v) is 14.9. The van der Waals surface area contributed by atoms with Crippen LogP contribution in [0.25, 0.3) is 0 Å². The van der Waals surface area contributed by atoms with Gasteiger partial charge in [0, 0.05) is 7.11 Å². The highest BCUT2D eigenvalue weighted by Crippen LogP contribution is 2.47. The van der Waals surface area contributed by atoms with Crippen LogP contribution >= 0.6 is 0 Å². The Morgan fingerprint density at radius 1 is 0.652 bits per heavy atom. The van der Waals surface area contributed by atoms with Gasteiger partial charge in [0.1, 0.15) is 12.3 Å². The van der Waals surface area contributed by atoms with E-state index in [1.807, 2.05) is 0 Å². The molecule has 4 unspecified atom stereocenters. The van der Waals surface area contributed by atoms with Crippen molar-refractivity contribution in [2.75, 3.05) is 7.11 Å². The second-order valence-electron chi connectivity index (χ2n) is 8.59. The largest absolute Gasteiger partial charge is 0.381 e. The van der Waals surface area contributed by atoms with Gasteiger partial charge in [-0.3, -0.25) is 0 Å². The van der Waals surface area contributed by atoms with Gasteiger partial charge >= 0.3 is 0 Å². The topological polar surface area (TPSA) is 9.23 Å². The van der Waals surface area contributed by atoms with Crippen molar-refractivity contribution in [2.24, 2.45) is 29.6 Å². The van der Waals surface area contributed by atoms with E-state index in [0.717, 1.165) is 57.3 Å². The van der Waals surface area contributed by atoms with E-state index in [2.05, 4.69) is 6.92 Å². The summed E-state index contributed by atoms with van der Waals surface area (Å²) in [6.07, 6.45) is 8.42. The molecule has 3 aliphatic carbocycles. The average Bonchev–Trinajstić information content (AvgIpc) is 2.58. The van der Waals surface area contributed by atoms with E-state index in [9.17, 15) is 8.78 Å². The van der Waals surface area contributed by atoms with Gasteiger partial charge in [0.15, 0.2) is 0 Å². The monoisotopic (exact) mass is 328 g/mol. The van der Waals surface area contributed by atoms with Crippen LogP contribution in [-0.2, 0) is 4.74 Å². The molecule has 0 N–H and O–H groups in total. The standard InChI is InChI=1S/C20H34F2O/c1-13-3-5-14(6-4-13)17-11-12-18(20(22)19(17)21)15-7-9-16(23-2)10-8-15/h13-20H,3-12H2,1-2H3. The predicted molar refractivity (Wildman–Crippen MR) is 89.9 cm³/mol. The number of ether oxygens (including phenoxy) is 1. The number of alkyl halides is 2. The minimum Gasteiger partial charge on any atom is -0.381 e. The van der Waals surface area contributed by atoms with Gasteiger partial charge in [0.2, 0.25) is 0 Å². The van der Waals surface area contributed by atoms with Crippen LogP contribution in [0.4, 0.5) is 8.78 Å². The Bertz CT molecular complexity index is 359. The molecule has 134 valence electrons. The molecule has 4 atom stereocenters. The van der Waals surface area contributed by atoms with Crippen molar-refractivity contribution in [1.29, 1.82) is 0 Å². The summed E-state index contributed by atoms with van der Waals surface area (Å²) in [5, 5.41) is 0. The number of hydrogen-bond donors (Lipinski definition) is 0. The van der Waals surface area contributed by atoms with Crippen molar-refractivity contribution in [3.05, 3.63) is 0 Å². The van der Waals surface area contributed by atoms with Gasteiger partial charge in [-0.2, -0.15) is 0 Å². The molecule has 0 radical (unpaired) electrons. The molecule has 0 bridgehead atoms. The van der Waals surface area contributed by atoms with Crippen LogP contribution in [0.5, 0.6) is 0 Å². The first-order chi connectivity index (χ1) is 11.1. The Kier molecular flexibility index (Phi) is 5.98. The van der Waals surface area contributed by atoms with Crippen LogP contribution in [0.15, 0.2) is 0 Å². The van der Waals surface area contributed by atoms with Gasteiger partial charge in [-0.1, -0.05) is 19.8 Å². The lowest BCUT2D eigenvalue weighted by molar-refractivity contribution is -0.0436. The molecule has 3 fully saturated rings. The summed E-state index contributed by atoms with van der Waals surface area (Å²) >= 11 is 0. The Morgan fingerprint density at radius 2 is 1.09 bits per heavy atom. The third-order valence-electron chi connectivity index (χ3n) is 7.28. The van der Waals surface area contributed by atoms with Gasteiger partial charge in [0.05, 0.1) is 6.10 Å². The quantitative estimate of drug-likeness (QED) is 0.644. The summed E-state index contributed by atoms with van der Waals surface area (Å²) in [6, 6.07) is 0. The van der Waals surface area contributed by atoms with E-state index < -0.39 is 12.3 Å². The molecule has 0 spiro atoms. The summed E-state index contributed by atoms with van der Waals surface area (Å²) in [7, 11) is 1.76. The first-order valence-corrected chi connectivity index (χ1v) is 9.91. The van der Waals surface area contributed by atoms with Crippen LogP contribution in [0.1, 0.15) is 71.1 Å². The lowest BCUT2D eigenvalue weighted by Crippen LogP contribution is -2.45. The molecule has 0 saturated heterocycles. The van der Waals surface area contributed by atoms with Crippen LogP contribution in [0, 0.1) is 29.6 Å². The maximum atomic E-state index is 14.9. The lowest BCUT2D eigenvalue weighted by atomic mass is 9.64. The zero-order chi connectivity index (χ0) is 16.4. The summed E-state index contributed by atoms with van der Waals surface area (Å²) in [5.41, 5.74) is 0. The van der Waals surface area contributed by atoms with E-state index >= 15 is 0 Å². The van der Waals surface area contributed by atoms with Crippen molar-refractivity contribution in [2.45, 2.75) is 89.6 Å². The summed E-state index contributed by atoms with van der Waals surface area (Å²) in [4.78, 5) is 0. The maximum absolute atomic E-state index is 14.9. The van der Waals surface area contributed by atoms with Crippen molar-refractivity contribution < 1.29 is 13.5 Å². The first kappa shape index (κ1) is 17.6. The van der Waals surface area contributed by atoms with E-state index in [1.165, 1.54) is 12.8 Å². The Labute approximate surface area is 140 Å². The summed E-state index contributed by atoms with van der Waals surface area (Å²) in [6.45, 7) is 2.29. The number of halogens is 2. The fourth-order valence-electron chi connectivity index (χ4n) is 5.63.